The molecule has 0 spiro atoms. The zero-order valence-electron chi connectivity index (χ0n) is 22.6. The summed E-state index contributed by atoms with van der Waals surface area (Å²) in [6.07, 6.45) is 1.08. The van der Waals surface area contributed by atoms with E-state index in [1.807, 2.05) is 35.2 Å². The van der Waals surface area contributed by atoms with Gasteiger partial charge in [0.25, 0.3) is 0 Å². The Balaban J connectivity index is 1.61. The highest BCUT2D eigenvalue weighted by molar-refractivity contribution is 7.92. The minimum absolute atomic E-state index is 0.124. The van der Waals surface area contributed by atoms with E-state index in [-0.39, 0.29) is 6.54 Å². The van der Waals surface area contributed by atoms with Crippen molar-refractivity contribution in [2.45, 2.75) is 20.0 Å². The van der Waals surface area contributed by atoms with E-state index < -0.39 is 21.7 Å². The summed E-state index contributed by atoms with van der Waals surface area (Å²) in [5.74, 6) is 0.990. The van der Waals surface area contributed by atoms with E-state index in [0.717, 1.165) is 17.9 Å². The highest BCUT2D eigenvalue weighted by Crippen LogP contribution is 2.34. The van der Waals surface area contributed by atoms with E-state index in [9.17, 15) is 17.2 Å². The molecule has 0 bridgehead atoms. The standard InChI is InChI=1S/C30H30F2N2O5S/c1-20-27(33-40(4,35)36)6-5-7-28(20)34(19-22-10-11-23(31)16-26(22)32)18-21-8-12-24(13-9-21)39-25-14-15-29(37-2)30(17-25)38-3/h5-17,33H,18-19H2,1-4H3. The van der Waals surface area contributed by atoms with E-state index in [2.05, 4.69) is 4.72 Å². The second-order valence-corrected chi connectivity index (χ2v) is 10.9. The highest BCUT2D eigenvalue weighted by Gasteiger charge is 2.17. The number of anilines is 2. The molecule has 4 aromatic rings. The van der Waals surface area contributed by atoms with Gasteiger partial charge in [0.2, 0.25) is 10.0 Å². The monoisotopic (exact) mass is 568 g/mol. The number of nitrogens with zero attached hydrogens (tertiary/aromatic N) is 1. The van der Waals surface area contributed by atoms with Gasteiger partial charge in [0, 0.05) is 36.5 Å². The predicted octanol–water partition coefficient (Wildman–Crippen LogP) is 6.66. The maximum absolute atomic E-state index is 14.6. The van der Waals surface area contributed by atoms with Crippen molar-refractivity contribution in [3.8, 4) is 23.0 Å². The molecule has 4 aromatic carbocycles. The molecule has 0 amide bonds. The molecule has 0 atom stereocenters. The number of benzene rings is 4. The summed E-state index contributed by atoms with van der Waals surface area (Å²) >= 11 is 0. The molecule has 0 aliphatic heterocycles. The number of ether oxygens (including phenoxy) is 3. The summed E-state index contributed by atoms with van der Waals surface area (Å²) in [6.45, 7) is 2.27. The molecular formula is C30H30F2N2O5S. The van der Waals surface area contributed by atoms with Crippen LogP contribution in [-0.4, -0.2) is 28.9 Å². The lowest BCUT2D eigenvalue weighted by Crippen LogP contribution is -2.24. The molecule has 0 aromatic heterocycles. The maximum atomic E-state index is 14.6. The van der Waals surface area contributed by atoms with E-state index in [1.165, 1.54) is 12.1 Å². The van der Waals surface area contributed by atoms with Crippen molar-refractivity contribution < 1.29 is 31.4 Å². The van der Waals surface area contributed by atoms with Crippen molar-refractivity contribution in [2.24, 2.45) is 0 Å². The van der Waals surface area contributed by atoms with Gasteiger partial charge < -0.3 is 19.1 Å². The largest absolute Gasteiger partial charge is 0.493 e. The lowest BCUT2D eigenvalue weighted by molar-refractivity contribution is 0.352. The van der Waals surface area contributed by atoms with Crippen LogP contribution in [0.1, 0.15) is 16.7 Å². The summed E-state index contributed by atoms with van der Waals surface area (Å²) in [5.41, 5.74) is 2.98. The highest BCUT2D eigenvalue weighted by atomic mass is 32.2. The fraction of sp³-hybridized carbons (Fsp3) is 0.200. The molecule has 0 aliphatic rings. The van der Waals surface area contributed by atoms with Gasteiger partial charge in [-0.2, -0.15) is 0 Å². The third-order valence-electron chi connectivity index (χ3n) is 6.21. The van der Waals surface area contributed by atoms with E-state index in [1.54, 1.807) is 51.5 Å². The van der Waals surface area contributed by atoms with Gasteiger partial charge in [-0.15, -0.1) is 0 Å². The van der Waals surface area contributed by atoms with Gasteiger partial charge in [-0.1, -0.05) is 24.3 Å². The number of hydrogen-bond acceptors (Lipinski definition) is 6. The van der Waals surface area contributed by atoms with Crippen molar-refractivity contribution >= 4 is 21.4 Å². The number of nitrogens with one attached hydrogen (secondary N) is 1. The second kappa shape index (κ2) is 12.3. The Morgan fingerprint density at radius 2 is 1.52 bits per heavy atom. The third-order valence-corrected chi connectivity index (χ3v) is 6.80. The number of halogens is 2. The van der Waals surface area contributed by atoms with Crippen LogP contribution in [0.25, 0.3) is 0 Å². The molecule has 0 unspecified atom stereocenters. The zero-order valence-corrected chi connectivity index (χ0v) is 23.4. The SMILES string of the molecule is COc1ccc(Oc2ccc(CN(Cc3ccc(F)cc3F)c3cccc(NS(C)(=O)=O)c3C)cc2)cc1OC. The molecule has 10 heteroatoms. The lowest BCUT2D eigenvalue weighted by atomic mass is 10.1. The first-order valence-corrected chi connectivity index (χ1v) is 14.2. The first-order valence-electron chi connectivity index (χ1n) is 12.3. The number of methoxy groups -OCH3 is 2. The molecule has 0 saturated heterocycles. The third kappa shape index (κ3) is 7.20. The number of sulfonamides is 1. The van der Waals surface area contributed by atoms with E-state index in [4.69, 9.17) is 14.2 Å². The molecular weight excluding hydrogens is 538 g/mol. The molecule has 4 rings (SSSR count). The van der Waals surface area contributed by atoms with Gasteiger partial charge in [0.05, 0.1) is 26.2 Å². The van der Waals surface area contributed by atoms with Crippen molar-refractivity contribution in [3.63, 3.8) is 0 Å². The summed E-state index contributed by atoms with van der Waals surface area (Å²) < 4.78 is 71.1. The lowest BCUT2D eigenvalue weighted by Gasteiger charge is -2.28. The van der Waals surface area contributed by atoms with Crippen LogP contribution in [-0.2, 0) is 23.1 Å². The average molecular weight is 569 g/mol. The van der Waals surface area contributed by atoms with E-state index >= 15 is 0 Å². The molecule has 0 heterocycles. The first kappa shape index (κ1) is 28.7. The fourth-order valence-electron chi connectivity index (χ4n) is 4.26. The van der Waals surface area contributed by atoms with Gasteiger partial charge >= 0.3 is 0 Å². The summed E-state index contributed by atoms with van der Waals surface area (Å²) in [7, 11) is -0.399. The summed E-state index contributed by atoms with van der Waals surface area (Å²) in [6, 6.07) is 21.4. The van der Waals surface area contributed by atoms with Crippen molar-refractivity contribution in [1.82, 2.24) is 0 Å². The molecule has 210 valence electrons. The van der Waals surface area contributed by atoms with Crippen LogP contribution in [0.4, 0.5) is 20.2 Å². The second-order valence-electron chi connectivity index (χ2n) is 9.18. The Kier molecular flexibility index (Phi) is 8.79. The Bertz CT molecular complexity index is 1590. The Labute approximate surface area is 233 Å². The molecule has 0 radical (unpaired) electrons. The minimum Gasteiger partial charge on any atom is -0.493 e. The van der Waals surface area contributed by atoms with Crippen LogP contribution in [0.2, 0.25) is 0 Å². The van der Waals surface area contributed by atoms with Crippen LogP contribution in [0.3, 0.4) is 0 Å². The number of hydrogen-bond donors (Lipinski definition) is 1. The Morgan fingerprint density at radius 3 is 2.17 bits per heavy atom. The van der Waals surface area contributed by atoms with Crippen molar-refractivity contribution in [2.75, 3.05) is 30.1 Å². The average Bonchev–Trinajstić information content (AvgIpc) is 2.91. The van der Waals surface area contributed by atoms with Gasteiger partial charge in [-0.25, -0.2) is 17.2 Å². The van der Waals surface area contributed by atoms with Crippen molar-refractivity contribution in [1.29, 1.82) is 0 Å². The van der Waals surface area contributed by atoms with Crippen LogP contribution in [0.5, 0.6) is 23.0 Å². The Hall–Kier alpha value is -4.31. The van der Waals surface area contributed by atoms with Gasteiger partial charge in [0.1, 0.15) is 23.1 Å². The summed E-state index contributed by atoms with van der Waals surface area (Å²) in [4.78, 5) is 1.91. The molecule has 40 heavy (non-hydrogen) atoms. The number of rotatable bonds is 11. The normalized spacial score (nSPS) is 11.2. The quantitative estimate of drug-likeness (QED) is 0.218. The first-order chi connectivity index (χ1) is 19.1. The van der Waals surface area contributed by atoms with Crippen LogP contribution in [0, 0.1) is 18.6 Å². The maximum Gasteiger partial charge on any atom is 0.229 e. The van der Waals surface area contributed by atoms with Gasteiger partial charge in [0.15, 0.2) is 11.5 Å². The van der Waals surface area contributed by atoms with Crippen LogP contribution >= 0.6 is 0 Å². The molecule has 0 fully saturated rings. The van der Waals surface area contributed by atoms with E-state index in [0.29, 0.717) is 52.0 Å². The summed E-state index contributed by atoms with van der Waals surface area (Å²) in [5, 5.41) is 0. The van der Waals surface area contributed by atoms with Crippen LogP contribution in [0.15, 0.2) is 78.9 Å². The molecule has 0 aliphatic carbocycles. The predicted molar refractivity (Wildman–Crippen MR) is 152 cm³/mol. The topological polar surface area (TPSA) is 77.1 Å². The smallest absolute Gasteiger partial charge is 0.229 e. The van der Waals surface area contributed by atoms with Crippen LogP contribution < -0.4 is 23.8 Å². The van der Waals surface area contributed by atoms with Gasteiger partial charge in [-0.05, 0) is 60.5 Å². The minimum atomic E-state index is -3.51. The Morgan fingerprint density at radius 1 is 0.825 bits per heavy atom. The van der Waals surface area contributed by atoms with Crippen molar-refractivity contribution in [3.05, 3.63) is 107 Å². The zero-order chi connectivity index (χ0) is 28.9. The van der Waals surface area contributed by atoms with Gasteiger partial charge in [-0.3, -0.25) is 4.72 Å². The molecule has 7 nitrogen and oxygen atoms in total. The fourth-order valence-corrected chi connectivity index (χ4v) is 4.88. The molecule has 0 saturated carbocycles. The molecule has 1 N–H and O–H groups in total.